The lowest BCUT2D eigenvalue weighted by molar-refractivity contribution is -0.889. The molecule has 0 spiro atoms. The van der Waals surface area contributed by atoms with E-state index < -0.39 is 18.1 Å². The number of ether oxygens (including phenoxy) is 3. The third kappa shape index (κ3) is 34.5. The van der Waals surface area contributed by atoms with Crippen LogP contribution < -0.4 is 5.11 Å². The number of unbranched alkanes of at least 4 members (excludes halogenated alkanes) is 12. The van der Waals surface area contributed by atoms with E-state index >= 15 is 0 Å². The Morgan fingerprint density at radius 1 is 0.585 bits per heavy atom. The lowest BCUT2D eigenvalue weighted by Crippen LogP contribution is -2.55. The van der Waals surface area contributed by atoms with Crippen molar-refractivity contribution in [3.05, 3.63) is 60.8 Å². The van der Waals surface area contributed by atoms with Crippen LogP contribution in [0.1, 0.15) is 155 Å². The van der Waals surface area contributed by atoms with E-state index in [9.17, 15) is 19.5 Å². The zero-order valence-corrected chi connectivity index (χ0v) is 34.4. The van der Waals surface area contributed by atoms with E-state index in [4.69, 9.17) is 14.2 Å². The van der Waals surface area contributed by atoms with Gasteiger partial charge in [-0.25, -0.2) is 0 Å². The molecule has 0 rings (SSSR count). The Morgan fingerprint density at radius 2 is 1.08 bits per heavy atom. The average Bonchev–Trinajstić information content (AvgIpc) is 3.11. The van der Waals surface area contributed by atoms with Gasteiger partial charge in [-0.3, -0.25) is 9.59 Å². The number of aliphatic carboxylic acids is 1. The van der Waals surface area contributed by atoms with E-state index in [0.717, 1.165) is 70.6 Å². The Morgan fingerprint density at radius 3 is 1.64 bits per heavy atom. The van der Waals surface area contributed by atoms with Crippen LogP contribution in [0.4, 0.5) is 0 Å². The SMILES string of the molecule is CC/C=C/C/C=C/C/C=C/C/C=C/CCCCCCCCCC(=O)OC(COCCC(C(=O)[O-])[N+](C)(C)C)COC(=O)CCC/C=C/CCCCCC. The molecule has 0 aromatic heterocycles. The van der Waals surface area contributed by atoms with Gasteiger partial charge in [-0.15, -0.1) is 0 Å². The maximum atomic E-state index is 12.7. The second-order valence-corrected chi connectivity index (χ2v) is 14.8. The fraction of sp³-hybridized carbons (Fsp3) is 0.711. The molecule has 0 N–H and O–H groups in total. The maximum Gasteiger partial charge on any atom is 0.306 e. The van der Waals surface area contributed by atoms with Gasteiger partial charge in [0, 0.05) is 19.3 Å². The van der Waals surface area contributed by atoms with Gasteiger partial charge in [-0.05, 0) is 70.6 Å². The summed E-state index contributed by atoms with van der Waals surface area (Å²) in [4.78, 5) is 36.7. The Kier molecular flexibility index (Phi) is 34.0. The van der Waals surface area contributed by atoms with Gasteiger partial charge in [-0.1, -0.05) is 126 Å². The van der Waals surface area contributed by atoms with Crippen molar-refractivity contribution < 1.29 is 38.2 Å². The maximum absolute atomic E-state index is 12.7. The Balaban J connectivity index is 4.36. The number of nitrogens with zero attached hydrogens (tertiary/aromatic N) is 1. The number of quaternary nitrogens is 1. The van der Waals surface area contributed by atoms with Crippen LogP contribution in [0, 0.1) is 0 Å². The molecule has 0 heterocycles. The molecule has 0 radical (unpaired) electrons. The van der Waals surface area contributed by atoms with Crippen LogP contribution in [0.2, 0.25) is 0 Å². The predicted octanol–water partition coefficient (Wildman–Crippen LogP) is 9.69. The summed E-state index contributed by atoms with van der Waals surface area (Å²) in [6, 6.07) is -0.732. The highest BCUT2D eigenvalue weighted by Crippen LogP contribution is 2.13. The van der Waals surface area contributed by atoms with E-state index in [0.29, 0.717) is 19.3 Å². The molecule has 0 aliphatic carbocycles. The molecule has 2 unspecified atom stereocenters. The van der Waals surface area contributed by atoms with Crippen molar-refractivity contribution >= 4 is 17.9 Å². The average molecular weight is 744 g/mol. The molecular weight excluding hydrogens is 666 g/mol. The summed E-state index contributed by atoms with van der Waals surface area (Å²) in [6.07, 6.45) is 42.6. The van der Waals surface area contributed by atoms with Gasteiger partial charge in [0.05, 0.1) is 40.3 Å². The lowest BCUT2D eigenvalue weighted by atomic mass is 10.1. The Bertz CT molecular complexity index is 1050. The highest BCUT2D eigenvalue weighted by atomic mass is 16.6. The summed E-state index contributed by atoms with van der Waals surface area (Å²) < 4.78 is 17.1. The largest absolute Gasteiger partial charge is 0.544 e. The summed E-state index contributed by atoms with van der Waals surface area (Å²) >= 11 is 0. The number of carboxylic acid groups (broad SMARTS) is 1. The first-order chi connectivity index (χ1) is 25.6. The van der Waals surface area contributed by atoms with Crippen molar-refractivity contribution in [1.29, 1.82) is 0 Å². The Labute approximate surface area is 324 Å². The van der Waals surface area contributed by atoms with E-state index in [-0.39, 0.29) is 42.7 Å². The first kappa shape index (κ1) is 50.0. The minimum absolute atomic E-state index is 0.0254. The summed E-state index contributed by atoms with van der Waals surface area (Å²) in [5, 5.41) is 11.6. The summed E-state index contributed by atoms with van der Waals surface area (Å²) in [7, 11) is 5.38. The van der Waals surface area contributed by atoms with Crippen molar-refractivity contribution in [3.8, 4) is 0 Å². The molecule has 8 heteroatoms. The van der Waals surface area contributed by atoms with Crippen LogP contribution in [0.3, 0.4) is 0 Å². The second kappa shape index (κ2) is 36.0. The monoisotopic (exact) mass is 744 g/mol. The van der Waals surface area contributed by atoms with Crippen LogP contribution in [-0.2, 0) is 28.6 Å². The molecule has 8 nitrogen and oxygen atoms in total. The van der Waals surface area contributed by atoms with Crippen LogP contribution >= 0.6 is 0 Å². The van der Waals surface area contributed by atoms with Gasteiger partial charge in [0.2, 0.25) is 0 Å². The fourth-order valence-corrected chi connectivity index (χ4v) is 5.65. The standard InChI is InChI=1S/C45H77NO7/c1-6-8-10-12-14-16-17-18-19-20-21-22-23-24-25-26-28-30-32-34-36-44(48)53-41(39-51-38-37-42(45(49)50)46(3,4)5)40-52-43(47)35-33-31-29-27-15-13-11-9-7-2/h8,10,14,16,18-19,21-22,27,29,41-42H,6-7,9,11-13,15,17,20,23-26,28,30-40H2,1-5H3/b10-8+,16-14+,19-18+,22-21+,29-27+. The lowest BCUT2D eigenvalue weighted by Gasteiger charge is -2.34. The third-order valence-corrected chi connectivity index (χ3v) is 8.89. The highest BCUT2D eigenvalue weighted by Gasteiger charge is 2.25. The van der Waals surface area contributed by atoms with Crippen LogP contribution in [0.25, 0.3) is 0 Å². The summed E-state index contributed by atoms with van der Waals surface area (Å²) in [6.45, 7) is 4.45. The molecule has 0 aliphatic heterocycles. The van der Waals surface area contributed by atoms with Crippen molar-refractivity contribution in [2.75, 3.05) is 41.0 Å². The summed E-state index contributed by atoms with van der Waals surface area (Å²) in [5.41, 5.74) is 0. The van der Waals surface area contributed by atoms with Crippen molar-refractivity contribution in [3.63, 3.8) is 0 Å². The van der Waals surface area contributed by atoms with Crippen molar-refractivity contribution in [1.82, 2.24) is 0 Å². The number of rotatable bonds is 36. The van der Waals surface area contributed by atoms with Crippen molar-refractivity contribution in [2.45, 2.75) is 167 Å². The van der Waals surface area contributed by atoms with E-state index in [2.05, 4.69) is 74.6 Å². The number of carbonyl (C=O) groups excluding carboxylic acids is 3. The molecule has 0 aromatic rings. The molecule has 0 aliphatic rings. The van der Waals surface area contributed by atoms with Gasteiger partial charge in [-0.2, -0.15) is 0 Å². The fourth-order valence-electron chi connectivity index (χ4n) is 5.65. The molecule has 0 saturated carbocycles. The molecule has 304 valence electrons. The van der Waals surface area contributed by atoms with Crippen molar-refractivity contribution in [2.24, 2.45) is 0 Å². The van der Waals surface area contributed by atoms with E-state index in [1.54, 1.807) is 21.1 Å². The third-order valence-electron chi connectivity index (χ3n) is 8.89. The van der Waals surface area contributed by atoms with Gasteiger partial charge >= 0.3 is 11.9 Å². The number of hydrogen-bond acceptors (Lipinski definition) is 7. The molecule has 0 amide bonds. The number of likely N-dealkylation sites (N-methyl/N-ethyl adjacent to an activating group) is 1. The van der Waals surface area contributed by atoms with E-state index in [1.807, 2.05) is 0 Å². The molecular formula is C45H77NO7. The van der Waals surface area contributed by atoms with Crippen LogP contribution in [0.5, 0.6) is 0 Å². The van der Waals surface area contributed by atoms with Gasteiger partial charge in [0.25, 0.3) is 0 Å². The molecule has 2 atom stereocenters. The number of carboxylic acids is 1. The predicted molar refractivity (Wildman–Crippen MR) is 217 cm³/mol. The molecule has 0 saturated heterocycles. The molecule has 0 fully saturated rings. The second-order valence-electron chi connectivity index (χ2n) is 14.8. The minimum atomic E-state index is -1.13. The van der Waals surface area contributed by atoms with Crippen LogP contribution in [-0.4, -0.2) is 75.5 Å². The zero-order chi connectivity index (χ0) is 39.3. The van der Waals surface area contributed by atoms with E-state index in [1.165, 1.54) is 44.9 Å². The first-order valence-electron chi connectivity index (χ1n) is 20.8. The number of carbonyl (C=O) groups is 3. The zero-order valence-electron chi connectivity index (χ0n) is 34.4. The minimum Gasteiger partial charge on any atom is -0.544 e. The first-order valence-corrected chi connectivity index (χ1v) is 20.8. The Hall–Kier alpha value is -2.97. The highest BCUT2D eigenvalue weighted by molar-refractivity contribution is 5.70. The molecule has 53 heavy (non-hydrogen) atoms. The number of esters is 2. The van der Waals surface area contributed by atoms with Crippen LogP contribution in [0.15, 0.2) is 60.8 Å². The van der Waals surface area contributed by atoms with Gasteiger partial charge < -0.3 is 28.6 Å². The molecule has 0 bridgehead atoms. The number of allylic oxidation sites excluding steroid dienone is 10. The quantitative estimate of drug-likeness (QED) is 0.0273. The summed E-state index contributed by atoms with van der Waals surface area (Å²) in [5.74, 6) is -1.80. The van der Waals surface area contributed by atoms with Gasteiger partial charge in [0.1, 0.15) is 12.6 Å². The smallest absolute Gasteiger partial charge is 0.306 e. The van der Waals surface area contributed by atoms with Gasteiger partial charge in [0.15, 0.2) is 6.10 Å². The topological polar surface area (TPSA) is 102 Å². The number of hydrogen-bond donors (Lipinski definition) is 0. The molecule has 0 aromatic carbocycles. The normalized spacial score (nSPS) is 13.6.